The quantitative estimate of drug-likeness (QED) is 0.652. The molecule has 1 saturated heterocycles. The zero-order chi connectivity index (χ0) is 22.9. The number of benzene rings is 2. The summed E-state index contributed by atoms with van der Waals surface area (Å²) in [7, 11) is -3.67. The predicted octanol–water partition coefficient (Wildman–Crippen LogP) is 3.01. The first-order valence-corrected chi connectivity index (χ1v) is 12.2. The molecule has 2 heterocycles. The molecule has 0 aliphatic carbocycles. The molecule has 0 radical (unpaired) electrons. The minimum absolute atomic E-state index is 0.162. The molecular weight excluding hydrogens is 475 g/mol. The first kappa shape index (κ1) is 22.7. The van der Waals surface area contributed by atoms with Gasteiger partial charge >= 0.3 is 0 Å². The van der Waals surface area contributed by atoms with E-state index in [4.69, 9.17) is 23.2 Å². The minimum Gasteiger partial charge on any atom is -0.335 e. The molecule has 0 aromatic heterocycles. The van der Waals surface area contributed by atoms with Crippen molar-refractivity contribution in [3.8, 4) is 0 Å². The largest absolute Gasteiger partial charge is 0.335 e. The number of sulfonamides is 1. The Morgan fingerprint density at radius 1 is 0.844 bits per heavy atom. The number of carbonyl (C=O) groups excluding carboxylic acids is 2. The van der Waals surface area contributed by atoms with Gasteiger partial charge in [-0.05, 0) is 48.5 Å². The van der Waals surface area contributed by atoms with E-state index >= 15 is 0 Å². The van der Waals surface area contributed by atoms with E-state index in [-0.39, 0.29) is 61.4 Å². The second-order valence-corrected chi connectivity index (χ2v) is 10.2. The highest BCUT2D eigenvalue weighted by Gasteiger charge is 2.33. The zero-order valence-electron chi connectivity index (χ0n) is 16.9. The van der Waals surface area contributed by atoms with Crippen molar-refractivity contribution >= 4 is 56.4 Å². The molecule has 0 unspecified atom stereocenters. The van der Waals surface area contributed by atoms with Crippen molar-refractivity contribution < 1.29 is 18.0 Å². The molecule has 4 rings (SSSR count). The summed E-state index contributed by atoms with van der Waals surface area (Å²) in [5.74, 6) is -0.497. The number of carbonyl (C=O) groups is 2. The number of hydrazone groups is 1. The van der Waals surface area contributed by atoms with Gasteiger partial charge in [0.25, 0.3) is 5.91 Å². The van der Waals surface area contributed by atoms with Crippen molar-refractivity contribution in [2.45, 2.75) is 17.7 Å². The number of anilines is 1. The number of piperazine rings is 1. The van der Waals surface area contributed by atoms with Crippen LogP contribution in [0.15, 0.2) is 58.5 Å². The van der Waals surface area contributed by atoms with Gasteiger partial charge in [0.15, 0.2) is 0 Å². The second-order valence-electron chi connectivity index (χ2n) is 7.38. The molecule has 0 atom stereocenters. The highest BCUT2D eigenvalue weighted by atomic mass is 35.5. The summed E-state index contributed by atoms with van der Waals surface area (Å²) in [6.07, 6.45) is 0.406. The highest BCUT2D eigenvalue weighted by Crippen LogP contribution is 2.24. The molecule has 32 heavy (non-hydrogen) atoms. The van der Waals surface area contributed by atoms with Crippen LogP contribution in [0.5, 0.6) is 0 Å². The van der Waals surface area contributed by atoms with Gasteiger partial charge in [0, 0.05) is 49.1 Å². The van der Waals surface area contributed by atoms with Gasteiger partial charge in [0.2, 0.25) is 15.9 Å². The average molecular weight is 495 g/mol. The van der Waals surface area contributed by atoms with Crippen LogP contribution in [0.3, 0.4) is 0 Å². The Morgan fingerprint density at radius 3 is 2.00 bits per heavy atom. The van der Waals surface area contributed by atoms with Crippen LogP contribution in [0, 0.1) is 0 Å². The molecule has 168 valence electrons. The summed E-state index contributed by atoms with van der Waals surface area (Å²) < 4.78 is 27.0. The summed E-state index contributed by atoms with van der Waals surface area (Å²) in [5.41, 5.74) is 0.803. The Kier molecular flexibility index (Phi) is 6.52. The van der Waals surface area contributed by atoms with Crippen LogP contribution >= 0.6 is 23.2 Å². The van der Waals surface area contributed by atoms with Gasteiger partial charge in [0.1, 0.15) is 5.71 Å². The lowest BCUT2D eigenvalue weighted by Gasteiger charge is -2.35. The molecule has 0 spiro atoms. The number of halogens is 2. The summed E-state index contributed by atoms with van der Waals surface area (Å²) in [6, 6.07) is 12.6. The van der Waals surface area contributed by atoms with Crippen LogP contribution in [0.2, 0.25) is 10.0 Å². The van der Waals surface area contributed by atoms with E-state index in [1.165, 1.54) is 33.6 Å². The number of hydrogen-bond donors (Lipinski definition) is 0. The second kappa shape index (κ2) is 9.19. The predicted molar refractivity (Wildman–Crippen MR) is 122 cm³/mol. The normalized spacial score (nSPS) is 17.9. The standard InChI is InChI=1S/C21H20Cl2N4O4S/c22-15-1-5-17(6-2-15)27-20(28)10-9-19(24-27)21(29)25-11-13-26(14-12-25)32(30,31)18-7-3-16(23)4-8-18/h1-8H,9-14H2. The Morgan fingerprint density at radius 2 is 1.41 bits per heavy atom. The SMILES string of the molecule is O=C(C1=NN(c2ccc(Cl)cc2)C(=O)CC1)N1CCN(S(=O)(=O)c2ccc(Cl)cc2)CC1. The Balaban J connectivity index is 1.45. The van der Waals surface area contributed by atoms with Crippen LogP contribution in [0.4, 0.5) is 5.69 Å². The summed E-state index contributed by atoms with van der Waals surface area (Å²) in [4.78, 5) is 27.1. The van der Waals surface area contributed by atoms with E-state index < -0.39 is 10.0 Å². The van der Waals surface area contributed by atoms with Crippen LogP contribution in [-0.4, -0.2) is 61.3 Å². The molecule has 2 aromatic carbocycles. The molecule has 8 nitrogen and oxygen atoms in total. The van der Waals surface area contributed by atoms with Crippen LogP contribution in [0.25, 0.3) is 0 Å². The molecule has 2 aliphatic rings. The van der Waals surface area contributed by atoms with Gasteiger partial charge in [-0.1, -0.05) is 23.2 Å². The van der Waals surface area contributed by atoms with Crippen molar-refractivity contribution in [2.24, 2.45) is 5.10 Å². The molecule has 2 amide bonds. The summed E-state index contributed by atoms with van der Waals surface area (Å²) in [5, 5.41) is 6.49. The Hall–Kier alpha value is -2.46. The van der Waals surface area contributed by atoms with E-state index in [0.29, 0.717) is 15.7 Å². The lowest BCUT2D eigenvalue weighted by Crippen LogP contribution is -2.52. The molecule has 11 heteroatoms. The summed E-state index contributed by atoms with van der Waals surface area (Å²) in [6.45, 7) is 0.812. The first-order valence-electron chi connectivity index (χ1n) is 9.97. The number of amides is 2. The van der Waals surface area contributed by atoms with Gasteiger partial charge in [-0.2, -0.15) is 9.41 Å². The van der Waals surface area contributed by atoms with E-state index in [0.717, 1.165) is 0 Å². The maximum Gasteiger partial charge on any atom is 0.270 e. The molecule has 0 saturated carbocycles. The molecule has 1 fully saturated rings. The molecule has 0 bridgehead atoms. The van der Waals surface area contributed by atoms with Crippen molar-refractivity contribution in [2.75, 3.05) is 31.2 Å². The van der Waals surface area contributed by atoms with Gasteiger partial charge in [-0.3, -0.25) is 9.59 Å². The zero-order valence-corrected chi connectivity index (χ0v) is 19.3. The molecule has 0 N–H and O–H groups in total. The third kappa shape index (κ3) is 4.66. The lowest BCUT2D eigenvalue weighted by atomic mass is 10.1. The maximum atomic E-state index is 13.0. The molecule has 2 aliphatic heterocycles. The van der Waals surface area contributed by atoms with Crippen LogP contribution < -0.4 is 5.01 Å². The van der Waals surface area contributed by atoms with Gasteiger partial charge < -0.3 is 4.90 Å². The fourth-order valence-electron chi connectivity index (χ4n) is 3.56. The van der Waals surface area contributed by atoms with Crippen molar-refractivity contribution in [3.05, 3.63) is 58.6 Å². The van der Waals surface area contributed by atoms with Crippen LogP contribution in [0.1, 0.15) is 12.8 Å². The van der Waals surface area contributed by atoms with Crippen molar-refractivity contribution in [1.29, 1.82) is 0 Å². The van der Waals surface area contributed by atoms with E-state index in [1.54, 1.807) is 29.2 Å². The van der Waals surface area contributed by atoms with Crippen molar-refractivity contribution in [1.82, 2.24) is 9.21 Å². The number of hydrogen-bond acceptors (Lipinski definition) is 5. The highest BCUT2D eigenvalue weighted by molar-refractivity contribution is 7.89. The maximum absolute atomic E-state index is 13.0. The van der Waals surface area contributed by atoms with E-state index in [2.05, 4.69) is 5.10 Å². The third-order valence-electron chi connectivity index (χ3n) is 5.33. The van der Waals surface area contributed by atoms with Crippen molar-refractivity contribution in [3.63, 3.8) is 0 Å². The van der Waals surface area contributed by atoms with E-state index in [9.17, 15) is 18.0 Å². The van der Waals surface area contributed by atoms with Gasteiger partial charge in [0.05, 0.1) is 10.6 Å². The number of rotatable bonds is 4. The van der Waals surface area contributed by atoms with E-state index in [1.807, 2.05) is 0 Å². The first-order chi connectivity index (χ1) is 15.3. The smallest absolute Gasteiger partial charge is 0.270 e. The monoisotopic (exact) mass is 494 g/mol. The summed E-state index contributed by atoms with van der Waals surface area (Å²) >= 11 is 11.8. The molecule has 2 aromatic rings. The lowest BCUT2D eigenvalue weighted by molar-refractivity contribution is -0.125. The Labute approximate surface area is 196 Å². The van der Waals surface area contributed by atoms with Gasteiger partial charge in [-0.25, -0.2) is 13.4 Å². The average Bonchev–Trinajstić information content (AvgIpc) is 2.80. The Bertz CT molecular complexity index is 1160. The topological polar surface area (TPSA) is 90.4 Å². The number of nitrogens with zero attached hydrogens (tertiary/aromatic N) is 4. The minimum atomic E-state index is -3.67. The molecular formula is C21H20Cl2N4O4S. The fraction of sp³-hybridized carbons (Fsp3) is 0.286. The van der Waals surface area contributed by atoms with Gasteiger partial charge in [-0.15, -0.1) is 0 Å². The van der Waals surface area contributed by atoms with Crippen LogP contribution in [-0.2, 0) is 19.6 Å². The fourth-order valence-corrected chi connectivity index (χ4v) is 5.24. The third-order valence-corrected chi connectivity index (χ3v) is 7.74.